The SMILES string of the molecule is NC(CCC(=O)O)C(=O)O.Nc1ccc2nc[nH]c2c1. The maximum Gasteiger partial charge on any atom is 0.320 e. The summed E-state index contributed by atoms with van der Waals surface area (Å²) in [5, 5.41) is 16.3. The Morgan fingerprint density at radius 1 is 1.35 bits per heavy atom. The van der Waals surface area contributed by atoms with E-state index in [2.05, 4.69) is 9.97 Å². The Morgan fingerprint density at radius 2 is 2.05 bits per heavy atom. The van der Waals surface area contributed by atoms with E-state index in [1.807, 2.05) is 18.2 Å². The van der Waals surface area contributed by atoms with Gasteiger partial charge in [-0.05, 0) is 24.6 Å². The van der Waals surface area contributed by atoms with Crippen LogP contribution in [-0.4, -0.2) is 38.2 Å². The molecule has 1 heterocycles. The van der Waals surface area contributed by atoms with Crippen LogP contribution in [0.25, 0.3) is 11.0 Å². The van der Waals surface area contributed by atoms with Crippen LogP contribution >= 0.6 is 0 Å². The molecule has 20 heavy (non-hydrogen) atoms. The Bertz CT molecular complexity index is 596. The number of fused-ring (bicyclic) bond motifs is 1. The van der Waals surface area contributed by atoms with Crippen LogP contribution in [0.3, 0.4) is 0 Å². The zero-order chi connectivity index (χ0) is 15.1. The number of aliphatic carboxylic acids is 2. The van der Waals surface area contributed by atoms with Crippen LogP contribution in [-0.2, 0) is 9.59 Å². The van der Waals surface area contributed by atoms with Crippen LogP contribution in [0.2, 0.25) is 0 Å². The van der Waals surface area contributed by atoms with Gasteiger partial charge in [-0.2, -0.15) is 0 Å². The van der Waals surface area contributed by atoms with E-state index >= 15 is 0 Å². The summed E-state index contributed by atoms with van der Waals surface area (Å²) in [5.74, 6) is -2.20. The molecule has 1 unspecified atom stereocenters. The Hall–Kier alpha value is -2.61. The summed E-state index contributed by atoms with van der Waals surface area (Å²) in [6.07, 6.45) is 1.43. The third kappa shape index (κ3) is 4.94. The van der Waals surface area contributed by atoms with E-state index in [9.17, 15) is 9.59 Å². The molecule has 0 amide bonds. The number of benzene rings is 1. The van der Waals surface area contributed by atoms with Crippen molar-refractivity contribution in [3.63, 3.8) is 0 Å². The predicted octanol–water partition coefficient (Wildman–Crippen LogP) is 0.408. The van der Waals surface area contributed by atoms with E-state index < -0.39 is 18.0 Å². The minimum atomic E-state index is -1.17. The number of carbonyl (C=O) groups is 2. The van der Waals surface area contributed by atoms with Gasteiger partial charge in [0, 0.05) is 12.1 Å². The van der Waals surface area contributed by atoms with E-state index in [-0.39, 0.29) is 12.8 Å². The normalized spacial score (nSPS) is 11.4. The zero-order valence-electron chi connectivity index (χ0n) is 10.6. The van der Waals surface area contributed by atoms with Crippen molar-refractivity contribution in [2.24, 2.45) is 5.73 Å². The van der Waals surface area contributed by atoms with Crippen molar-refractivity contribution in [2.75, 3.05) is 5.73 Å². The Kier molecular flexibility index (Phi) is 5.48. The lowest BCUT2D eigenvalue weighted by molar-refractivity contribution is -0.139. The highest BCUT2D eigenvalue weighted by molar-refractivity contribution is 5.78. The van der Waals surface area contributed by atoms with Gasteiger partial charge in [-0.3, -0.25) is 9.59 Å². The first-order valence-corrected chi connectivity index (χ1v) is 5.79. The van der Waals surface area contributed by atoms with Crippen molar-refractivity contribution in [3.8, 4) is 0 Å². The van der Waals surface area contributed by atoms with Gasteiger partial charge in [0.1, 0.15) is 6.04 Å². The maximum atomic E-state index is 9.99. The van der Waals surface area contributed by atoms with E-state index in [1.54, 1.807) is 6.33 Å². The summed E-state index contributed by atoms with van der Waals surface area (Å²) in [4.78, 5) is 26.9. The van der Waals surface area contributed by atoms with E-state index in [0.29, 0.717) is 0 Å². The summed E-state index contributed by atoms with van der Waals surface area (Å²) in [7, 11) is 0. The Balaban J connectivity index is 0.000000200. The first-order chi connectivity index (χ1) is 9.40. The third-order valence-electron chi connectivity index (χ3n) is 2.43. The summed E-state index contributed by atoms with van der Waals surface area (Å²) < 4.78 is 0. The lowest BCUT2D eigenvalue weighted by Gasteiger charge is -2.01. The zero-order valence-corrected chi connectivity index (χ0v) is 10.6. The number of nitrogens with two attached hydrogens (primary N) is 2. The largest absolute Gasteiger partial charge is 0.481 e. The van der Waals surface area contributed by atoms with Gasteiger partial charge in [0.05, 0.1) is 17.4 Å². The van der Waals surface area contributed by atoms with Gasteiger partial charge in [-0.1, -0.05) is 0 Å². The highest BCUT2D eigenvalue weighted by atomic mass is 16.4. The lowest BCUT2D eigenvalue weighted by Crippen LogP contribution is -2.30. The molecule has 0 spiro atoms. The summed E-state index contributed by atoms with van der Waals surface area (Å²) in [6.45, 7) is 0. The number of carboxylic acids is 2. The number of H-pyrrole nitrogens is 1. The summed E-state index contributed by atoms with van der Waals surface area (Å²) in [5.41, 5.74) is 13.2. The van der Waals surface area contributed by atoms with Crippen molar-refractivity contribution >= 4 is 28.7 Å². The fourth-order valence-electron chi connectivity index (χ4n) is 1.36. The number of nitrogens with zero attached hydrogens (tertiary/aromatic N) is 1. The van der Waals surface area contributed by atoms with Gasteiger partial charge in [0.15, 0.2) is 0 Å². The number of rotatable bonds is 4. The molecule has 0 aliphatic rings. The number of hydrogen-bond acceptors (Lipinski definition) is 5. The van der Waals surface area contributed by atoms with Gasteiger partial charge >= 0.3 is 11.9 Å². The highest BCUT2D eigenvalue weighted by Crippen LogP contribution is 2.11. The molecule has 1 aromatic heterocycles. The molecule has 1 aromatic carbocycles. The molecule has 108 valence electrons. The smallest absolute Gasteiger partial charge is 0.320 e. The Morgan fingerprint density at radius 3 is 2.65 bits per heavy atom. The molecule has 0 fully saturated rings. The summed E-state index contributed by atoms with van der Waals surface area (Å²) >= 11 is 0. The lowest BCUT2D eigenvalue weighted by atomic mass is 10.2. The molecular weight excluding hydrogens is 264 g/mol. The maximum absolute atomic E-state index is 9.99. The number of aromatic nitrogens is 2. The van der Waals surface area contributed by atoms with Gasteiger partial charge in [0.2, 0.25) is 0 Å². The number of nitrogen functional groups attached to an aromatic ring is 1. The van der Waals surface area contributed by atoms with Crippen LogP contribution in [0, 0.1) is 0 Å². The Labute approximate surface area is 114 Å². The molecule has 0 saturated heterocycles. The second-order valence-corrected chi connectivity index (χ2v) is 4.06. The van der Waals surface area contributed by atoms with Crippen molar-refractivity contribution in [2.45, 2.75) is 18.9 Å². The molecule has 2 aromatic rings. The van der Waals surface area contributed by atoms with Gasteiger partial charge in [-0.15, -0.1) is 0 Å². The van der Waals surface area contributed by atoms with Crippen LogP contribution in [0.15, 0.2) is 24.5 Å². The number of imidazole rings is 1. The fourth-order valence-corrected chi connectivity index (χ4v) is 1.36. The number of anilines is 1. The first-order valence-electron chi connectivity index (χ1n) is 5.79. The van der Waals surface area contributed by atoms with E-state index in [1.165, 1.54) is 0 Å². The fraction of sp³-hybridized carbons (Fsp3) is 0.250. The van der Waals surface area contributed by atoms with Crippen LogP contribution in [0.1, 0.15) is 12.8 Å². The number of hydrogen-bond donors (Lipinski definition) is 5. The second kappa shape index (κ2) is 7.10. The molecule has 0 radical (unpaired) electrons. The average molecular weight is 280 g/mol. The topological polar surface area (TPSA) is 155 Å². The molecule has 8 heteroatoms. The van der Waals surface area contributed by atoms with Crippen molar-refractivity contribution in [3.05, 3.63) is 24.5 Å². The predicted molar refractivity (Wildman–Crippen MR) is 73.0 cm³/mol. The van der Waals surface area contributed by atoms with Crippen LogP contribution < -0.4 is 11.5 Å². The molecular formula is C12H16N4O4. The molecule has 0 aliphatic carbocycles. The summed E-state index contributed by atoms with van der Waals surface area (Å²) in [6, 6.07) is 4.53. The standard InChI is InChI=1S/C7H7N3.C5H9NO4/c8-5-1-2-6-7(3-5)10-4-9-6;6-3(5(9)10)1-2-4(7)8/h1-4H,8H2,(H,9,10);3H,1-2,6H2,(H,7,8)(H,9,10). The van der Waals surface area contributed by atoms with Crippen molar-refractivity contribution in [1.82, 2.24) is 9.97 Å². The minimum Gasteiger partial charge on any atom is -0.481 e. The quantitative estimate of drug-likeness (QED) is 0.508. The number of aromatic amines is 1. The van der Waals surface area contributed by atoms with E-state index in [4.69, 9.17) is 21.7 Å². The molecule has 1 atom stereocenters. The van der Waals surface area contributed by atoms with Gasteiger partial charge < -0.3 is 26.7 Å². The monoisotopic (exact) mass is 280 g/mol. The van der Waals surface area contributed by atoms with Crippen molar-refractivity contribution in [1.29, 1.82) is 0 Å². The second-order valence-electron chi connectivity index (χ2n) is 4.06. The molecule has 7 N–H and O–H groups in total. The highest BCUT2D eigenvalue weighted by Gasteiger charge is 2.12. The van der Waals surface area contributed by atoms with Crippen molar-refractivity contribution < 1.29 is 19.8 Å². The minimum absolute atomic E-state index is 0.0231. The first kappa shape index (κ1) is 15.4. The molecule has 0 saturated carbocycles. The molecule has 0 aliphatic heterocycles. The van der Waals surface area contributed by atoms with Gasteiger partial charge in [-0.25, -0.2) is 4.98 Å². The van der Waals surface area contributed by atoms with Gasteiger partial charge in [0.25, 0.3) is 0 Å². The van der Waals surface area contributed by atoms with Crippen LogP contribution in [0.5, 0.6) is 0 Å². The number of carboxylic acid groups (broad SMARTS) is 2. The number of nitrogens with one attached hydrogen (secondary N) is 1. The molecule has 2 rings (SSSR count). The third-order valence-corrected chi connectivity index (χ3v) is 2.43. The average Bonchev–Trinajstić information content (AvgIpc) is 2.83. The molecule has 8 nitrogen and oxygen atoms in total. The molecule has 0 bridgehead atoms. The van der Waals surface area contributed by atoms with E-state index in [0.717, 1.165) is 16.7 Å². The van der Waals surface area contributed by atoms with Crippen LogP contribution in [0.4, 0.5) is 5.69 Å².